The van der Waals surface area contributed by atoms with Crippen LogP contribution in [-0.4, -0.2) is 26.5 Å². The molecule has 0 aliphatic heterocycles. The quantitative estimate of drug-likeness (QED) is 0.780. The van der Waals surface area contributed by atoms with Crippen LogP contribution in [0.3, 0.4) is 0 Å². The van der Waals surface area contributed by atoms with E-state index in [0.29, 0.717) is 5.56 Å². The second-order valence-electron chi connectivity index (χ2n) is 5.12. The Balaban J connectivity index is 2.19. The summed E-state index contributed by atoms with van der Waals surface area (Å²) in [5.74, 6) is -0.513. The lowest BCUT2D eigenvalue weighted by atomic mass is 10.1. The molecule has 2 rings (SSSR count). The Labute approximate surface area is 143 Å². The van der Waals surface area contributed by atoms with Crippen LogP contribution in [0.15, 0.2) is 59.5 Å². The minimum absolute atomic E-state index is 0.151. The third kappa shape index (κ3) is 5.73. The summed E-state index contributed by atoms with van der Waals surface area (Å²) in [6.45, 7) is -0.236. The van der Waals surface area contributed by atoms with Gasteiger partial charge in [-0.05, 0) is 36.2 Å². The van der Waals surface area contributed by atoms with E-state index in [1.165, 1.54) is 0 Å². The fourth-order valence-corrected chi connectivity index (χ4v) is 3.44. The van der Waals surface area contributed by atoms with E-state index < -0.39 is 28.2 Å². The van der Waals surface area contributed by atoms with Crippen LogP contribution in [0.2, 0.25) is 0 Å². The molecular formula is C16H16F3NO4S. The molecule has 136 valence electrons. The Hall–Kier alpha value is -2.10. The molecule has 0 unspecified atom stereocenters. The maximum absolute atomic E-state index is 12.4. The van der Waals surface area contributed by atoms with Crippen LogP contribution >= 0.6 is 0 Å². The first-order chi connectivity index (χ1) is 11.7. The number of alkyl halides is 3. The van der Waals surface area contributed by atoms with Gasteiger partial charge in [0.1, 0.15) is 5.75 Å². The molecule has 9 heteroatoms. The first-order valence-electron chi connectivity index (χ1n) is 7.25. The monoisotopic (exact) mass is 375 g/mol. The molecule has 2 N–H and O–H groups in total. The molecule has 0 saturated carbocycles. The number of halogens is 3. The average Bonchev–Trinajstić information content (AvgIpc) is 2.54. The molecule has 25 heavy (non-hydrogen) atoms. The van der Waals surface area contributed by atoms with E-state index in [4.69, 9.17) is 5.11 Å². The van der Waals surface area contributed by atoms with Crippen molar-refractivity contribution >= 4 is 10.0 Å². The summed E-state index contributed by atoms with van der Waals surface area (Å²) in [4.78, 5) is -0.208. The molecular weight excluding hydrogens is 359 g/mol. The summed E-state index contributed by atoms with van der Waals surface area (Å²) >= 11 is 0. The molecule has 2 aromatic rings. The van der Waals surface area contributed by atoms with Crippen LogP contribution in [0.1, 0.15) is 18.0 Å². The molecule has 0 saturated heterocycles. The van der Waals surface area contributed by atoms with Gasteiger partial charge in [0.05, 0.1) is 4.90 Å². The topological polar surface area (TPSA) is 75.6 Å². The van der Waals surface area contributed by atoms with Gasteiger partial charge in [-0.3, -0.25) is 0 Å². The zero-order valence-electron chi connectivity index (χ0n) is 12.9. The number of hydrogen-bond donors (Lipinski definition) is 2. The van der Waals surface area contributed by atoms with Crippen LogP contribution in [0, 0.1) is 0 Å². The molecule has 5 nitrogen and oxygen atoms in total. The normalized spacial score (nSPS) is 13.4. The molecule has 0 heterocycles. The lowest BCUT2D eigenvalue weighted by Crippen LogP contribution is -2.29. The van der Waals surface area contributed by atoms with E-state index in [1.807, 2.05) is 0 Å². The van der Waals surface area contributed by atoms with Crippen molar-refractivity contribution in [2.75, 3.05) is 6.61 Å². The standard InChI is InChI=1S/C16H16F3NO4S/c17-16(18,19)24-13-6-8-14(9-7-13)25(22,23)20-15(10-11-21)12-4-2-1-3-5-12/h1-9,15,20-21H,10-11H2/t15-/m0/s1. The van der Waals surface area contributed by atoms with E-state index in [1.54, 1.807) is 30.3 Å². The van der Waals surface area contributed by atoms with Crippen LogP contribution in [0.4, 0.5) is 13.2 Å². The highest BCUT2D eigenvalue weighted by molar-refractivity contribution is 7.89. The van der Waals surface area contributed by atoms with Gasteiger partial charge in [0.25, 0.3) is 0 Å². The molecule has 0 amide bonds. The predicted molar refractivity (Wildman–Crippen MR) is 84.3 cm³/mol. The minimum atomic E-state index is -4.85. The second kappa shape index (κ2) is 7.85. The van der Waals surface area contributed by atoms with Crippen LogP contribution in [0.5, 0.6) is 5.75 Å². The van der Waals surface area contributed by atoms with Crippen molar-refractivity contribution in [3.8, 4) is 5.75 Å². The summed E-state index contributed by atoms with van der Waals surface area (Å²) < 4.78 is 67.4. The number of aliphatic hydroxyl groups is 1. The lowest BCUT2D eigenvalue weighted by molar-refractivity contribution is -0.274. The molecule has 0 aliphatic rings. The smallest absolute Gasteiger partial charge is 0.406 e. The van der Waals surface area contributed by atoms with Gasteiger partial charge < -0.3 is 9.84 Å². The summed E-state index contributed by atoms with van der Waals surface area (Å²) in [6, 6.07) is 11.9. The highest BCUT2D eigenvalue weighted by atomic mass is 32.2. The Morgan fingerprint density at radius 2 is 1.64 bits per heavy atom. The number of sulfonamides is 1. The van der Waals surface area contributed by atoms with E-state index in [-0.39, 0.29) is 17.9 Å². The second-order valence-corrected chi connectivity index (χ2v) is 6.83. The summed E-state index contributed by atoms with van der Waals surface area (Å²) in [5.41, 5.74) is 0.664. The predicted octanol–water partition coefficient (Wildman–Crippen LogP) is 2.99. The lowest BCUT2D eigenvalue weighted by Gasteiger charge is -2.18. The number of hydrogen-bond acceptors (Lipinski definition) is 4. The molecule has 0 aliphatic carbocycles. The Bertz CT molecular complexity index is 777. The molecule has 0 radical (unpaired) electrons. The SMILES string of the molecule is O=S(=O)(N[C@@H](CCO)c1ccccc1)c1ccc(OC(F)(F)F)cc1. The van der Waals surface area contributed by atoms with Crippen molar-refractivity contribution in [2.45, 2.75) is 23.7 Å². The Morgan fingerprint density at radius 3 is 2.16 bits per heavy atom. The van der Waals surface area contributed by atoms with Gasteiger partial charge in [-0.15, -0.1) is 13.2 Å². The minimum Gasteiger partial charge on any atom is -0.406 e. The number of benzene rings is 2. The number of rotatable bonds is 7. The van der Waals surface area contributed by atoms with Gasteiger partial charge in [-0.1, -0.05) is 30.3 Å². The largest absolute Gasteiger partial charge is 0.573 e. The van der Waals surface area contributed by atoms with Crippen molar-refractivity contribution < 1.29 is 31.4 Å². The van der Waals surface area contributed by atoms with Crippen LogP contribution in [0.25, 0.3) is 0 Å². The highest BCUT2D eigenvalue weighted by Gasteiger charge is 2.31. The average molecular weight is 375 g/mol. The fourth-order valence-electron chi connectivity index (χ4n) is 2.18. The first-order valence-corrected chi connectivity index (χ1v) is 8.73. The van der Waals surface area contributed by atoms with E-state index in [9.17, 15) is 21.6 Å². The molecule has 2 aromatic carbocycles. The molecule has 0 fully saturated rings. The molecule has 0 bridgehead atoms. The molecule has 0 aromatic heterocycles. The zero-order valence-corrected chi connectivity index (χ0v) is 13.7. The van der Waals surface area contributed by atoms with Gasteiger partial charge in [-0.25, -0.2) is 13.1 Å². The van der Waals surface area contributed by atoms with Crippen molar-refractivity contribution in [2.24, 2.45) is 0 Å². The van der Waals surface area contributed by atoms with Gasteiger partial charge >= 0.3 is 6.36 Å². The summed E-state index contributed by atoms with van der Waals surface area (Å²) in [5, 5.41) is 9.15. The Kier molecular flexibility index (Phi) is 6.04. The van der Waals surface area contributed by atoms with Crippen LogP contribution in [-0.2, 0) is 10.0 Å². The van der Waals surface area contributed by atoms with Crippen molar-refractivity contribution in [3.05, 3.63) is 60.2 Å². The van der Waals surface area contributed by atoms with Crippen molar-refractivity contribution in [1.82, 2.24) is 4.72 Å². The van der Waals surface area contributed by atoms with Gasteiger partial charge in [0.2, 0.25) is 10.0 Å². The number of aliphatic hydroxyl groups excluding tert-OH is 1. The zero-order chi connectivity index (χ0) is 18.5. The number of nitrogens with one attached hydrogen (secondary N) is 1. The van der Waals surface area contributed by atoms with E-state index in [0.717, 1.165) is 24.3 Å². The van der Waals surface area contributed by atoms with E-state index in [2.05, 4.69) is 9.46 Å². The van der Waals surface area contributed by atoms with E-state index >= 15 is 0 Å². The maximum atomic E-state index is 12.4. The van der Waals surface area contributed by atoms with Crippen molar-refractivity contribution in [3.63, 3.8) is 0 Å². The summed E-state index contributed by atoms with van der Waals surface area (Å²) in [7, 11) is -3.99. The van der Waals surface area contributed by atoms with Gasteiger partial charge in [0, 0.05) is 12.6 Å². The van der Waals surface area contributed by atoms with Gasteiger partial charge in [-0.2, -0.15) is 0 Å². The molecule has 0 spiro atoms. The third-order valence-electron chi connectivity index (χ3n) is 3.28. The fraction of sp³-hybridized carbons (Fsp3) is 0.250. The first kappa shape index (κ1) is 19.2. The summed E-state index contributed by atoms with van der Waals surface area (Å²) in [6.07, 6.45) is -4.70. The number of ether oxygens (including phenoxy) is 1. The highest BCUT2D eigenvalue weighted by Crippen LogP contribution is 2.25. The van der Waals surface area contributed by atoms with Crippen LogP contribution < -0.4 is 9.46 Å². The van der Waals surface area contributed by atoms with Gasteiger partial charge in [0.15, 0.2) is 0 Å². The Morgan fingerprint density at radius 1 is 1.04 bits per heavy atom. The van der Waals surface area contributed by atoms with Crippen molar-refractivity contribution in [1.29, 1.82) is 0 Å². The molecule has 1 atom stereocenters. The third-order valence-corrected chi connectivity index (χ3v) is 4.77. The maximum Gasteiger partial charge on any atom is 0.573 e.